The van der Waals surface area contributed by atoms with E-state index < -0.39 is 0 Å². The zero-order valence-corrected chi connectivity index (χ0v) is 14.9. The van der Waals surface area contributed by atoms with Crippen LogP contribution in [0.2, 0.25) is 0 Å². The van der Waals surface area contributed by atoms with Crippen LogP contribution in [0.15, 0.2) is 54.9 Å². The molecule has 1 fully saturated rings. The molecule has 0 atom stereocenters. The average molecular weight is 349 g/mol. The maximum absolute atomic E-state index is 12.5. The van der Waals surface area contributed by atoms with Gasteiger partial charge in [0.25, 0.3) is 5.91 Å². The molecule has 1 amide bonds. The number of nitrogens with zero attached hydrogens (tertiary/aromatic N) is 4. The molecule has 3 aromatic rings. The Kier molecular flexibility index (Phi) is 4.58. The fourth-order valence-corrected chi connectivity index (χ4v) is 3.37. The summed E-state index contributed by atoms with van der Waals surface area (Å²) in [6, 6.07) is 15.5. The third-order valence-corrected chi connectivity index (χ3v) is 4.99. The van der Waals surface area contributed by atoms with Crippen molar-refractivity contribution in [1.82, 2.24) is 14.6 Å². The van der Waals surface area contributed by atoms with Crippen LogP contribution in [0.1, 0.15) is 17.3 Å². The lowest BCUT2D eigenvalue weighted by molar-refractivity contribution is 0.101. The molecule has 0 unspecified atom stereocenters. The molecule has 0 bridgehead atoms. The third kappa shape index (κ3) is 3.28. The normalized spacial score (nSPS) is 15.3. The summed E-state index contributed by atoms with van der Waals surface area (Å²) < 4.78 is 1.66. The number of hydrogen-bond donors (Lipinski definition) is 1. The van der Waals surface area contributed by atoms with Gasteiger partial charge in [0.15, 0.2) is 0 Å². The SMILES string of the molecule is CCN1CCN(c2ccc(C(=O)Nn3cnc4ccccc43)cc2)CC1. The van der Waals surface area contributed by atoms with E-state index in [4.69, 9.17) is 0 Å². The number of imidazole rings is 1. The highest BCUT2D eigenvalue weighted by molar-refractivity contribution is 6.01. The number of likely N-dealkylation sites (N-methyl/N-ethyl adjacent to an activating group) is 1. The van der Waals surface area contributed by atoms with E-state index in [1.165, 1.54) is 5.69 Å². The maximum atomic E-state index is 12.5. The molecule has 1 aromatic heterocycles. The van der Waals surface area contributed by atoms with Crippen LogP contribution in [0.3, 0.4) is 0 Å². The Balaban J connectivity index is 1.44. The van der Waals surface area contributed by atoms with E-state index in [-0.39, 0.29) is 5.91 Å². The molecule has 0 spiro atoms. The van der Waals surface area contributed by atoms with E-state index in [9.17, 15) is 4.79 Å². The number of benzene rings is 2. The van der Waals surface area contributed by atoms with Crippen molar-refractivity contribution in [2.75, 3.05) is 43.0 Å². The van der Waals surface area contributed by atoms with Gasteiger partial charge in [0, 0.05) is 37.4 Å². The van der Waals surface area contributed by atoms with E-state index in [2.05, 4.69) is 27.1 Å². The number of carbonyl (C=O) groups excluding carboxylic acids is 1. The summed E-state index contributed by atoms with van der Waals surface area (Å²) in [6.07, 6.45) is 1.63. The van der Waals surface area contributed by atoms with Gasteiger partial charge in [0.2, 0.25) is 0 Å². The fraction of sp³-hybridized carbons (Fsp3) is 0.300. The summed E-state index contributed by atoms with van der Waals surface area (Å²) >= 11 is 0. The van der Waals surface area contributed by atoms with Crippen LogP contribution in [0.5, 0.6) is 0 Å². The number of amides is 1. The van der Waals surface area contributed by atoms with Crippen molar-refractivity contribution in [1.29, 1.82) is 0 Å². The number of piperazine rings is 1. The van der Waals surface area contributed by atoms with Crippen LogP contribution >= 0.6 is 0 Å². The molecule has 134 valence electrons. The first-order valence-corrected chi connectivity index (χ1v) is 9.05. The first-order valence-electron chi connectivity index (χ1n) is 9.05. The lowest BCUT2D eigenvalue weighted by Crippen LogP contribution is -2.46. The van der Waals surface area contributed by atoms with E-state index >= 15 is 0 Å². The van der Waals surface area contributed by atoms with Crippen LogP contribution in [0, 0.1) is 0 Å². The predicted molar refractivity (Wildman–Crippen MR) is 104 cm³/mol. The Bertz CT molecular complexity index is 894. The van der Waals surface area contributed by atoms with Crippen LogP contribution in [-0.4, -0.2) is 53.2 Å². The number of nitrogens with one attached hydrogen (secondary N) is 1. The molecule has 6 heteroatoms. The Morgan fingerprint density at radius 2 is 1.77 bits per heavy atom. The van der Waals surface area contributed by atoms with Crippen LogP contribution in [0.4, 0.5) is 5.69 Å². The van der Waals surface area contributed by atoms with Gasteiger partial charge in [-0.05, 0) is 42.9 Å². The second kappa shape index (κ2) is 7.17. The molecule has 1 aliphatic heterocycles. The molecule has 2 heterocycles. The zero-order valence-electron chi connectivity index (χ0n) is 14.9. The van der Waals surface area contributed by atoms with Crippen LogP contribution in [-0.2, 0) is 0 Å². The molecule has 26 heavy (non-hydrogen) atoms. The summed E-state index contributed by atoms with van der Waals surface area (Å²) in [4.78, 5) is 21.7. The zero-order chi connectivity index (χ0) is 17.9. The highest BCUT2D eigenvalue weighted by Crippen LogP contribution is 2.18. The Labute approximate surface area is 153 Å². The number of hydrogen-bond acceptors (Lipinski definition) is 4. The number of anilines is 1. The van der Waals surface area contributed by atoms with Crippen molar-refractivity contribution in [2.24, 2.45) is 0 Å². The number of para-hydroxylation sites is 2. The molecular weight excluding hydrogens is 326 g/mol. The van der Waals surface area contributed by atoms with Gasteiger partial charge in [0.05, 0.1) is 11.0 Å². The minimum absolute atomic E-state index is 0.143. The van der Waals surface area contributed by atoms with Crippen molar-refractivity contribution in [3.63, 3.8) is 0 Å². The average Bonchev–Trinajstić information content (AvgIpc) is 3.11. The van der Waals surface area contributed by atoms with Gasteiger partial charge in [-0.25, -0.2) is 9.66 Å². The van der Waals surface area contributed by atoms with Crippen molar-refractivity contribution in [3.8, 4) is 0 Å². The number of rotatable bonds is 4. The van der Waals surface area contributed by atoms with Gasteiger partial charge in [-0.3, -0.25) is 10.2 Å². The number of aromatic nitrogens is 2. The van der Waals surface area contributed by atoms with Crippen molar-refractivity contribution in [3.05, 3.63) is 60.4 Å². The molecular formula is C20H23N5O. The maximum Gasteiger partial charge on any atom is 0.270 e. The molecule has 0 aliphatic carbocycles. The Morgan fingerprint density at radius 3 is 2.50 bits per heavy atom. The van der Waals surface area contributed by atoms with Crippen molar-refractivity contribution in [2.45, 2.75) is 6.92 Å². The first kappa shape index (κ1) is 16.6. The van der Waals surface area contributed by atoms with Crippen LogP contribution < -0.4 is 10.3 Å². The van der Waals surface area contributed by atoms with Gasteiger partial charge in [-0.2, -0.15) is 0 Å². The van der Waals surface area contributed by atoms with Crippen LogP contribution in [0.25, 0.3) is 11.0 Å². The number of fused-ring (bicyclic) bond motifs is 1. The summed E-state index contributed by atoms with van der Waals surface area (Å²) in [5.41, 5.74) is 6.43. The molecule has 1 saturated heterocycles. The molecule has 4 rings (SSSR count). The first-order chi connectivity index (χ1) is 12.7. The summed E-state index contributed by atoms with van der Waals surface area (Å²) in [5.74, 6) is -0.143. The van der Waals surface area contributed by atoms with E-state index in [1.54, 1.807) is 11.0 Å². The van der Waals surface area contributed by atoms with Gasteiger partial charge in [-0.1, -0.05) is 19.1 Å². The largest absolute Gasteiger partial charge is 0.369 e. The minimum atomic E-state index is -0.143. The standard InChI is InChI=1S/C20H23N5O/c1-2-23-11-13-24(14-12-23)17-9-7-16(8-10-17)20(26)22-25-15-21-18-5-3-4-6-19(18)25/h3-10,15H,2,11-14H2,1H3,(H,22,26). The smallest absolute Gasteiger partial charge is 0.270 e. The third-order valence-electron chi connectivity index (χ3n) is 4.99. The van der Waals surface area contributed by atoms with Gasteiger partial charge in [-0.15, -0.1) is 0 Å². The summed E-state index contributed by atoms with van der Waals surface area (Å²) in [5, 5.41) is 0. The second-order valence-corrected chi connectivity index (χ2v) is 6.51. The van der Waals surface area contributed by atoms with Gasteiger partial charge >= 0.3 is 0 Å². The van der Waals surface area contributed by atoms with Gasteiger partial charge in [0.1, 0.15) is 6.33 Å². The molecule has 1 N–H and O–H groups in total. The predicted octanol–water partition coefficient (Wildman–Crippen LogP) is 2.56. The van der Waals surface area contributed by atoms with E-state index in [1.807, 2.05) is 48.5 Å². The fourth-order valence-electron chi connectivity index (χ4n) is 3.37. The Hall–Kier alpha value is -2.86. The molecule has 1 aliphatic rings. The molecule has 0 radical (unpaired) electrons. The Morgan fingerprint density at radius 1 is 1.04 bits per heavy atom. The summed E-state index contributed by atoms with van der Waals surface area (Å²) in [6.45, 7) is 7.54. The van der Waals surface area contributed by atoms with Crippen molar-refractivity contribution >= 4 is 22.6 Å². The lowest BCUT2D eigenvalue weighted by atomic mass is 10.1. The van der Waals surface area contributed by atoms with Gasteiger partial charge < -0.3 is 9.80 Å². The summed E-state index contributed by atoms with van der Waals surface area (Å²) in [7, 11) is 0. The van der Waals surface area contributed by atoms with Crippen molar-refractivity contribution < 1.29 is 4.79 Å². The quantitative estimate of drug-likeness (QED) is 0.787. The topological polar surface area (TPSA) is 53.4 Å². The molecule has 2 aromatic carbocycles. The molecule has 6 nitrogen and oxygen atoms in total. The lowest BCUT2D eigenvalue weighted by Gasteiger charge is -2.35. The highest BCUT2D eigenvalue weighted by Gasteiger charge is 2.16. The van der Waals surface area contributed by atoms with E-state index in [0.29, 0.717) is 5.56 Å². The minimum Gasteiger partial charge on any atom is -0.369 e. The monoisotopic (exact) mass is 349 g/mol. The number of carbonyl (C=O) groups is 1. The molecule has 0 saturated carbocycles. The second-order valence-electron chi connectivity index (χ2n) is 6.51. The van der Waals surface area contributed by atoms with E-state index in [0.717, 1.165) is 43.8 Å². The highest BCUT2D eigenvalue weighted by atomic mass is 16.2.